The van der Waals surface area contributed by atoms with Crippen LogP contribution in [0, 0.1) is 0 Å². The Morgan fingerprint density at radius 3 is 1.83 bits per heavy atom. The molecule has 1 aromatic rings. The summed E-state index contributed by atoms with van der Waals surface area (Å²) >= 11 is 7.00. The fourth-order valence-corrected chi connectivity index (χ4v) is 4.50. The Hall–Kier alpha value is -0.923. The van der Waals surface area contributed by atoms with E-state index in [-0.39, 0.29) is 16.9 Å². The van der Waals surface area contributed by atoms with Gasteiger partial charge < -0.3 is 4.43 Å². The van der Waals surface area contributed by atoms with Crippen molar-refractivity contribution in [2.24, 2.45) is 0 Å². The Balaban J connectivity index is 2.39. The number of imide groups is 1. The summed E-state index contributed by atoms with van der Waals surface area (Å²) in [5, 5.41) is 0.0648. The molecule has 4 nitrogen and oxygen atoms in total. The predicted molar refractivity (Wildman–Crippen MR) is 101 cm³/mol. The SMILES string of the molecule is CC(C)(C)[Si](C)(C)Oc1c(Br)cc(N2C(=O)C=CC2=O)cc1Br. The van der Waals surface area contributed by atoms with Gasteiger partial charge in [0.1, 0.15) is 5.75 Å². The molecular formula is C16H19Br2NO3Si. The molecule has 0 unspecified atom stereocenters. The minimum absolute atomic E-state index is 0.0648. The number of halogens is 2. The third-order valence-electron chi connectivity index (χ3n) is 4.21. The standard InChI is InChI=1S/C16H19Br2NO3Si/c1-16(2,3)23(4,5)22-15-11(17)8-10(9-12(15)18)19-13(20)6-7-14(19)21/h6-9H,1-5H3. The molecule has 0 aromatic heterocycles. The number of hydrogen-bond acceptors (Lipinski definition) is 3. The molecule has 0 saturated carbocycles. The third-order valence-corrected chi connectivity index (χ3v) is 9.72. The molecule has 0 atom stereocenters. The number of carbonyl (C=O) groups is 2. The van der Waals surface area contributed by atoms with E-state index in [9.17, 15) is 9.59 Å². The highest BCUT2D eigenvalue weighted by atomic mass is 79.9. The van der Waals surface area contributed by atoms with Gasteiger partial charge in [-0.3, -0.25) is 9.59 Å². The lowest BCUT2D eigenvalue weighted by Gasteiger charge is -2.37. The smallest absolute Gasteiger partial charge is 0.258 e. The van der Waals surface area contributed by atoms with E-state index >= 15 is 0 Å². The van der Waals surface area contributed by atoms with Crippen LogP contribution in [0.25, 0.3) is 0 Å². The summed E-state index contributed by atoms with van der Waals surface area (Å²) < 4.78 is 7.76. The highest BCUT2D eigenvalue weighted by Crippen LogP contribution is 2.44. The van der Waals surface area contributed by atoms with E-state index in [1.165, 1.54) is 12.2 Å². The van der Waals surface area contributed by atoms with Gasteiger partial charge in [-0.15, -0.1) is 0 Å². The maximum Gasteiger partial charge on any atom is 0.258 e. The van der Waals surface area contributed by atoms with Crippen LogP contribution in [0.3, 0.4) is 0 Å². The summed E-state index contributed by atoms with van der Waals surface area (Å²) in [5.74, 6) is 0.0196. The van der Waals surface area contributed by atoms with Crippen molar-refractivity contribution < 1.29 is 14.0 Å². The van der Waals surface area contributed by atoms with Gasteiger partial charge in [-0.05, 0) is 62.1 Å². The van der Waals surface area contributed by atoms with Crippen LogP contribution < -0.4 is 9.33 Å². The van der Waals surface area contributed by atoms with Crippen molar-refractivity contribution in [1.29, 1.82) is 0 Å². The zero-order valence-corrected chi connectivity index (χ0v) is 17.9. The molecule has 0 N–H and O–H groups in total. The molecule has 0 spiro atoms. The molecule has 0 bridgehead atoms. The number of nitrogens with zero attached hydrogens (tertiary/aromatic N) is 1. The molecule has 1 aliphatic rings. The molecule has 1 aromatic carbocycles. The van der Waals surface area contributed by atoms with Crippen LogP contribution in [-0.4, -0.2) is 20.1 Å². The largest absolute Gasteiger partial charge is 0.542 e. The van der Waals surface area contributed by atoms with Crippen LogP contribution in [0.4, 0.5) is 5.69 Å². The second-order valence-corrected chi connectivity index (χ2v) is 13.4. The normalized spacial score (nSPS) is 15.5. The van der Waals surface area contributed by atoms with Crippen molar-refractivity contribution in [2.45, 2.75) is 38.9 Å². The number of carbonyl (C=O) groups excluding carboxylic acids is 2. The quantitative estimate of drug-likeness (QED) is 0.469. The summed E-state index contributed by atoms with van der Waals surface area (Å²) in [6.07, 6.45) is 2.54. The maximum atomic E-state index is 11.8. The summed E-state index contributed by atoms with van der Waals surface area (Å²) in [6.45, 7) is 10.8. The van der Waals surface area contributed by atoms with Gasteiger partial charge in [-0.2, -0.15) is 0 Å². The number of benzene rings is 1. The van der Waals surface area contributed by atoms with Crippen LogP contribution in [-0.2, 0) is 9.59 Å². The van der Waals surface area contributed by atoms with Crippen LogP contribution >= 0.6 is 31.9 Å². The van der Waals surface area contributed by atoms with E-state index in [4.69, 9.17) is 4.43 Å². The molecule has 124 valence electrons. The monoisotopic (exact) mass is 459 g/mol. The van der Waals surface area contributed by atoms with E-state index in [2.05, 4.69) is 65.7 Å². The molecule has 23 heavy (non-hydrogen) atoms. The van der Waals surface area contributed by atoms with E-state index in [1.807, 2.05) is 0 Å². The molecule has 7 heteroatoms. The fraction of sp³-hybridized carbons (Fsp3) is 0.375. The van der Waals surface area contributed by atoms with Gasteiger partial charge in [-0.1, -0.05) is 20.8 Å². The lowest BCUT2D eigenvalue weighted by Crippen LogP contribution is -2.44. The number of amides is 2. The molecule has 0 radical (unpaired) electrons. The van der Waals surface area contributed by atoms with Crippen molar-refractivity contribution in [2.75, 3.05) is 4.90 Å². The van der Waals surface area contributed by atoms with Crippen molar-refractivity contribution >= 4 is 57.7 Å². The summed E-state index contributed by atoms with van der Waals surface area (Å²) in [5.41, 5.74) is 0.506. The second-order valence-electron chi connectivity index (χ2n) is 6.95. The second kappa shape index (κ2) is 6.18. The molecular weight excluding hydrogens is 442 g/mol. The minimum Gasteiger partial charge on any atom is -0.542 e. The molecule has 0 aliphatic carbocycles. The Morgan fingerprint density at radius 2 is 1.43 bits per heavy atom. The van der Waals surface area contributed by atoms with Crippen LogP contribution in [0.1, 0.15) is 20.8 Å². The van der Waals surface area contributed by atoms with Crippen LogP contribution in [0.15, 0.2) is 33.2 Å². The molecule has 0 saturated heterocycles. The fourth-order valence-electron chi connectivity index (χ4n) is 1.84. The van der Waals surface area contributed by atoms with Crippen molar-refractivity contribution in [3.05, 3.63) is 33.2 Å². The number of anilines is 1. The number of hydrogen-bond donors (Lipinski definition) is 0. The maximum absolute atomic E-state index is 11.8. The van der Waals surface area contributed by atoms with Crippen LogP contribution in [0.2, 0.25) is 18.1 Å². The average molecular weight is 461 g/mol. The average Bonchev–Trinajstić information content (AvgIpc) is 2.72. The first-order chi connectivity index (χ1) is 10.4. The first-order valence-corrected chi connectivity index (χ1v) is 11.7. The minimum atomic E-state index is -2.00. The Labute approximate surface area is 154 Å². The highest BCUT2D eigenvalue weighted by molar-refractivity contribution is 9.11. The van der Waals surface area contributed by atoms with Gasteiger partial charge in [0, 0.05) is 12.2 Å². The van der Waals surface area contributed by atoms with E-state index < -0.39 is 8.32 Å². The molecule has 0 fully saturated rings. The zero-order valence-electron chi connectivity index (χ0n) is 13.7. The van der Waals surface area contributed by atoms with Crippen LogP contribution in [0.5, 0.6) is 5.75 Å². The summed E-state index contributed by atoms with van der Waals surface area (Å²) in [6, 6.07) is 3.46. The predicted octanol–water partition coefficient (Wildman–Crippen LogP) is 5.03. The first kappa shape index (κ1) is 18.4. The molecule has 2 amide bonds. The first-order valence-electron chi connectivity index (χ1n) is 7.18. The topological polar surface area (TPSA) is 46.6 Å². The van der Waals surface area contributed by atoms with E-state index in [0.717, 1.165) is 4.90 Å². The zero-order chi connectivity index (χ0) is 17.6. The third kappa shape index (κ3) is 3.61. The van der Waals surface area contributed by atoms with E-state index in [0.29, 0.717) is 20.4 Å². The molecule has 1 heterocycles. The van der Waals surface area contributed by atoms with Gasteiger partial charge >= 0.3 is 0 Å². The van der Waals surface area contributed by atoms with Crippen molar-refractivity contribution in [1.82, 2.24) is 0 Å². The Morgan fingerprint density at radius 1 is 1.00 bits per heavy atom. The highest BCUT2D eigenvalue weighted by Gasteiger charge is 2.40. The van der Waals surface area contributed by atoms with Gasteiger partial charge in [0.05, 0.1) is 14.6 Å². The summed E-state index contributed by atoms with van der Waals surface area (Å²) in [7, 11) is -2.00. The molecule has 2 rings (SSSR count). The van der Waals surface area contributed by atoms with Gasteiger partial charge in [-0.25, -0.2) is 4.90 Å². The van der Waals surface area contributed by atoms with E-state index in [1.54, 1.807) is 12.1 Å². The lowest BCUT2D eigenvalue weighted by atomic mass is 10.2. The Bertz CT molecular complexity index is 667. The van der Waals surface area contributed by atoms with Crippen molar-refractivity contribution in [3.63, 3.8) is 0 Å². The number of rotatable bonds is 3. The van der Waals surface area contributed by atoms with Crippen molar-refractivity contribution in [3.8, 4) is 5.75 Å². The van der Waals surface area contributed by atoms with Gasteiger partial charge in [0.15, 0.2) is 0 Å². The molecule has 1 aliphatic heterocycles. The Kier molecular flexibility index (Phi) is 4.95. The lowest BCUT2D eigenvalue weighted by molar-refractivity contribution is -0.119. The summed E-state index contributed by atoms with van der Waals surface area (Å²) in [4.78, 5) is 24.8. The van der Waals surface area contributed by atoms with Gasteiger partial charge in [0.2, 0.25) is 0 Å². The van der Waals surface area contributed by atoms with Gasteiger partial charge in [0.25, 0.3) is 20.1 Å².